The second-order valence-electron chi connectivity index (χ2n) is 3.94. The highest BCUT2D eigenvalue weighted by atomic mass is 79.9. The Morgan fingerprint density at radius 2 is 1.80 bits per heavy atom. The van der Waals surface area contributed by atoms with Gasteiger partial charge in [-0.2, -0.15) is 0 Å². The SMILES string of the molecule is Nc1cccc(C(=O)O)c1Nc1c(F)cc(Br)cc1F. The third-order valence-corrected chi connectivity index (χ3v) is 3.04. The van der Waals surface area contributed by atoms with Gasteiger partial charge in [-0.3, -0.25) is 0 Å². The van der Waals surface area contributed by atoms with Crippen molar-refractivity contribution in [3.05, 3.63) is 52.0 Å². The fraction of sp³-hybridized carbons (Fsp3) is 0. The number of nitrogen functional groups attached to an aromatic ring is 1. The van der Waals surface area contributed by atoms with E-state index in [4.69, 9.17) is 10.8 Å². The summed E-state index contributed by atoms with van der Waals surface area (Å²) in [4.78, 5) is 11.1. The Hall–Kier alpha value is -2.15. The first-order valence-corrected chi connectivity index (χ1v) is 6.23. The summed E-state index contributed by atoms with van der Waals surface area (Å²) in [7, 11) is 0. The van der Waals surface area contributed by atoms with Crippen molar-refractivity contribution in [2.45, 2.75) is 0 Å². The molecular weight excluding hydrogens is 334 g/mol. The van der Waals surface area contributed by atoms with E-state index in [9.17, 15) is 13.6 Å². The van der Waals surface area contributed by atoms with Crippen LogP contribution >= 0.6 is 15.9 Å². The largest absolute Gasteiger partial charge is 0.478 e. The van der Waals surface area contributed by atoms with Crippen LogP contribution in [0.4, 0.5) is 25.8 Å². The van der Waals surface area contributed by atoms with Crippen LogP contribution in [0.1, 0.15) is 10.4 Å². The molecule has 0 aliphatic carbocycles. The number of hydrogen-bond donors (Lipinski definition) is 3. The average Bonchev–Trinajstić information content (AvgIpc) is 2.34. The predicted molar refractivity (Wildman–Crippen MR) is 75.2 cm³/mol. The first-order chi connectivity index (χ1) is 9.40. The van der Waals surface area contributed by atoms with Crippen LogP contribution in [0.2, 0.25) is 0 Å². The molecule has 0 amide bonds. The second-order valence-corrected chi connectivity index (χ2v) is 4.86. The van der Waals surface area contributed by atoms with Gasteiger partial charge in [-0.25, -0.2) is 13.6 Å². The maximum atomic E-state index is 13.7. The normalized spacial score (nSPS) is 10.3. The predicted octanol–water partition coefficient (Wildman–Crippen LogP) is 3.75. The zero-order chi connectivity index (χ0) is 14.9. The summed E-state index contributed by atoms with van der Waals surface area (Å²) in [5.41, 5.74) is 5.04. The molecule has 0 heterocycles. The molecule has 4 N–H and O–H groups in total. The Kier molecular flexibility index (Phi) is 3.89. The number of nitrogens with one attached hydrogen (secondary N) is 1. The van der Waals surface area contributed by atoms with Crippen molar-refractivity contribution in [1.29, 1.82) is 0 Å². The van der Waals surface area contributed by atoms with Crippen LogP contribution < -0.4 is 11.1 Å². The van der Waals surface area contributed by atoms with Crippen molar-refractivity contribution in [2.24, 2.45) is 0 Å². The molecule has 0 saturated carbocycles. The highest BCUT2D eigenvalue weighted by Gasteiger charge is 2.17. The quantitative estimate of drug-likeness (QED) is 0.742. The maximum absolute atomic E-state index is 13.7. The minimum atomic E-state index is -1.25. The molecule has 7 heteroatoms. The number of nitrogens with two attached hydrogens (primary N) is 1. The minimum absolute atomic E-state index is 0.0554. The maximum Gasteiger partial charge on any atom is 0.337 e. The summed E-state index contributed by atoms with van der Waals surface area (Å²) in [6, 6.07) is 6.29. The number of carbonyl (C=O) groups is 1. The fourth-order valence-corrected chi connectivity index (χ4v) is 2.08. The van der Waals surface area contributed by atoms with Crippen molar-refractivity contribution >= 4 is 39.0 Å². The molecule has 0 unspecified atom stereocenters. The Morgan fingerprint density at radius 1 is 1.20 bits per heavy atom. The zero-order valence-corrected chi connectivity index (χ0v) is 11.5. The number of halogens is 3. The summed E-state index contributed by atoms with van der Waals surface area (Å²) in [5.74, 6) is -2.98. The molecule has 4 nitrogen and oxygen atoms in total. The van der Waals surface area contributed by atoms with E-state index in [-0.39, 0.29) is 21.4 Å². The molecule has 0 bridgehead atoms. The van der Waals surface area contributed by atoms with Gasteiger partial charge in [0.15, 0.2) is 11.6 Å². The van der Waals surface area contributed by atoms with Crippen LogP contribution in [-0.4, -0.2) is 11.1 Å². The van der Waals surface area contributed by atoms with Crippen LogP contribution in [0, 0.1) is 11.6 Å². The van der Waals surface area contributed by atoms with Crippen molar-refractivity contribution < 1.29 is 18.7 Å². The molecular formula is C13H9BrF2N2O2. The summed E-state index contributed by atoms with van der Waals surface area (Å²) in [6.07, 6.45) is 0. The molecule has 0 fully saturated rings. The van der Waals surface area contributed by atoms with Gasteiger partial charge in [0.2, 0.25) is 0 Å². The third kappa shape index (κ3) is 2.72. The van der Waals surface area contributed by atoms with E-state index in [0.717, 1.165) is 12.1 Å². The highest BCUT2D eigenvalue weighted by Crippen LogP contribution is 2.31. The molecule has 20 heavy (non-hydrogen) atoms. The lowest BCUT2D eigenvalue weighted by Crippen LogP contribution is -2.07. The van der Waals surface area contributed by atoms with Gasteiger partial charge in [-0.15, -0.1) is 0 Å². The van der Waals surface area contributed by atoms with Gasteiger partial charge in [0, 0.05) is 4.47 Å². The number of rotatable bonds is 3. The van der Waals surface area contributed by atoms with Crippen LogP contribution in [0.5, 0.6) is 0 Å². The molecule has 0 spiro atoms. The fourth-order valence-electron chi connectivity index (χ4n) is 1.67. The van der Waals surface area contributed by atoms with Gasteiger partial charge in [0.1, 0.15) is 5.69 Å². The molecule has 0 saturated heterocycles. The third-order valence-electron chi connectivity index (χ3n) is 2.58. The lowest BCUT2D eigenvalue weighted by Gasteiger charge is -2.13. The van der Waals surface area contributed by atoms with Crippen molar-refractivity contribution in [2.75, 3.05) is 11.1 Å². The van der Waals surface area contributed by atoms with Crippen LogP contribution in [0.3, 0.4) is 0 Å². The lowest BCUT2D eigenvalue weighted by atomic mass is 10.1. The smallest absolute Gasteiger partial charge is 0.337 e. The van der Waals surface area contributed by atoms with Crippen molar-refractivity contribution in [3.8, 4) is 0 Å². The second kappa shape index (κ2) is 5.46. The van der Waals surface area contributed by atoms with Crippen LogP contribution in [0.15, 0.2) is 34.8 Å². The monoisotopic (exact) mass is 342 g/mol. The number of carboxylic acid groups (broad SMARTS) is 1. The highest BCUT2D eigenvalue weighted by molar-refractivity contribution is 9.10. The van der Waals surface area contributed by atoms with E-state index in [1.807, 2.05) is 0 Å². The Balaban J connectivity index is 2.53. The van der Waals surface area contributed by atoms with Crippen molar-refractivity contribution in [1.82, 2.24) is 0 Å². The molecule has 0 aromatic heterocycles. The van der Waals surface area contributed by atoms with E-state index in [0.29, 0.717) is 0 Å². The zero-order valence-electron chi connectivity index (χ0n) is 9.95. The van der Waals surface area contributed by atoms with E-state index in [1.165, 1.54) is 18.2 Å². The molecule has 0 radical (unpaired) electrons. The van der Waals surface area contributed by atoms with E-state index < -0.39 is 23.3 Å². The summed E-state index contributed by atoms with van der Waals surface area (Å²) >= 11 is 2.96. The van der Waals surface area contributed by atoms with Gasteiger partial charge in [-0.05, 0) is 24.3 Å². The molecule has 104 valence electrons. The van der Waals surface area contributed by atoms with Gasteiger partial charge < -0.3 is 16.2 Å². The standard InChI is InChI=1S/C13H9BrF2N2O2/c14-6-4-8(15)12(9(16)5-6)18-11-7(13(19)20)2-1-3-10(11)17/h1-5,18H,17H2,(H,19,20). The van der Waals surface area contributed by atoms with Gasteiger partial charge in [-0.1, -0.05) is 22.0 Å². The van der Waals surface area contributed by atoms with E-state index >= 15 is 0 Å². The number of carboxylic acids is 1. The summed E-state index contributed by atoms with van der Waals surface area (Å²) in [6.45, 7) is 0. The minimum Gasteiger partial charge on any atom is -0.478 e. The molecule has 2 aromatic rings. The summed E-state index contributed by atoms with van der Waals surface area (Å²) in [5, 5.41) is 11.5. The Morgan fingerprint density at radius 3 is 2.35 bits per heavy atom. The average molecular weight is 343 g/mol. The van der Waals surface area contributed by atoms with Gasteiger partial charge >= 0.3 is 5.97 Å². The molecule has 0 aliphatic rings. The molecule has 2 aromatic carbocycles. The number of benzene rings is 2. The van der Waals surface area contributed by atoms with Crippen LogP contribution in [-0.2, 0) is 0 Å². The first kappa shape index (κ1) is 14.3. The Bertz CT molecular complexity index is 669. The number of anilines is 3. The lowest BCUT2D eigenvalue weighted by molar-refractivity contribution is 0.0698. The Labute approximate surface area is 121 Å². The first-order valence-electron chi connectivity index (χ1n) is 5.43. The number of hydrogen-bond acceptors (Lipinski definition) is 3. The van der Waals surface area contributed by atoms with Crippen molar-refractivity contribution in [3.63, 3.8) is 0 Å². The summed E-state index contributed by atoms with van der Waals surface area (Å²) < 4.78 is 27.7. The number of aromatic carboxylic acids is 1. The molecule has 0 aliphatic heterocycles. The van der Waals surface area contributed by atoms with Gasteiger partial charge in [0.05, 0.1) is 16.9 Å². The molecule has 0 atom stereocenters. The molecule has 2 rings (SSSR count). The van der Waals surface area contributed by atoms with E-state index in [2.05, 4.69) is 21.2 Å². The van der Waals surface area contributed by atoms with Gasteiger partial charge in [0.25, 0.3) is 0 Å². The topological polar surface area (TPSA) is 75.4 Å². The number of para-hydroxylation sites is 1. The van der Waals surface area contributed by atoms with E-state index in [1.54, 1.807) is 0 Å². The van der Waals surface area contributed by atoms with Crippen LogP contribution in [0.25, 0.3) is 0 Å².